The van der Waals surface area contributed by atoms with Crippen LogP contribution in [0.15, 0.2) is 16.2 Å². The van der Waals surface area contributed by atoms with Gasteiger partial charge in [0.15, 0.2) is 5.65 Å². The van der Waals surface area contributed by atoms with E-state index in [4.69, 9.17) is 20.7 Å². The summed E-state index contributed by atoms with van der Waals surface area (Å²) in [6.07, 6.45) is 2.44. The van der Waals surface area contributed by atoms with Gasteiger partial charge in [-0.05, 0) is 12.8 Å². The molecule has 3 rings (SSSR count). The molecule has 5 N–H and O–H groups in total. The molecule has 2 aromatic rings. The largest absolute Gasteiger partial charge is 0.400 e. The van der Waals surface area contributed by atoms with Crippen molar-refractivity contribution in [1.29, 1.82) is 0 Å². The van der Waals surface area contributed by atoms with Crippen LogP contribution >= 0.6 is 0 Å². The number of aromatic nitrogens is 3. The Morgan fingerprint density at radius 3 is 2.87 bits per heavy atom. The van der Waals surface area contributed by atoms with Crippen LogP contribution in [0.3, 0.4) is 0 Å². The van der Waals surface area contributed by atoms with E-state index in [9.17, 15) is 9.70 Å². The third kappa shape index (κ3) is 3.23. The number of H-pyrrole nitrogens is 1. The lowest BCUT2D eigenvalue weighted by Crippen LogP contribution is -2.16. The number of aliphatic hydroxyl groups is 2. The fourth-order valence-electron chi connectivity index (χ4n) is 2.68. The molecular formula is C13H19N5O5. The number of hydrogen-bond donors (Lipinski definition) is 4. The van der Waals surface area contributed by atoms with Crippen LogP contribution in [-0.2, 0) is 11.3 Å². The molecule has 1 aliphatic rings. The van der Waals surface area contributed by atoms with Gasteiger partial charge in [-0.2, -0.15) is 9.89 Å². The van der Waals surface area contributed by atoms with E-state index < -0.39 is 5.56 Å². The average Bonchev–Trinajstić information content (AvgIpc) is 3.14. The van der Waals surface area contributed by atoms with E-state index in [0.29, 0.717) is 29.4 Å². The van der Waals surface area contributed by atoms with Gasteiger partial charge in [0, 0.05) is 18.9 Å². The van der Waals surface area contributed by atoms with Crippen LogP contribution in [0.1, 0.15) is 24.6 Å². The summed E-state index contributed by atoms with van der Waals surface area (Å²) in [6.45, 7) is -0.192. The first kappa shape index (κ1) is 17.1. The van der Waals surface area contributed by atoms with Gasteiger partial charge in [-0.1, -0.05) is 5.18 Å². The normalized spacial score (nSPS) is 20.3. The van der Waals surface area contributed by atoms with Crippen LogP contribution in [0.2, 0.25) is 0 Å². The first-order valence-electron chi connectivity index (χ1n) is 7.03. The lowest BCUT2D eigenvalue weighted by Gasteiger charge is -2.14. The molecule has 126 valence electrons. The van der Waals surface area contributed by atoms with E-state index >= 15 is 0 Å². The third-order valence-corrected chi connectivity index (χ3v) is 3.61. The molecule has 0 radical (unpaired) electrons. The van der Waals surface area contributed by atoms with Crippen LogP contribution in [0.5, 0.6) is 0 Å². The summed E-state index contributed by atoms with van der Waals surface area (Å²) in [5, 5.41) is 19.3. The number of aromatic amines is 1. The quantitative estimate of drug-likeness (QED) is 0.569. The van der Waals surface area contributed by atoms with Gasteiger partial charge in [0.25, 0.3) is 5.56 Å². The van der Waals surface area contributed by atoms with Gasteiger partial charge >= 0.3 is 0 Å². The SMILES string of the molecule is CO.Nc1nc2c(c(CN=O)cn2C2CCC(CO)O2)c(=O)[nH]1. The predicted octanol–water partition coefficient (Wildman–Crippen LogP) is -0.148. The van der Waals surface area contributed by atoms with E-state index in [1.54, 1.807) is 10.8 Å². The smallest absolute Gasteiger partial charge is 0.262 e. The maximum Gasteiger partial charge on any atom is 0.262 e. The van der Waals surface area contributed by atoms with Crippen LogP contribution in [0.25, 0.3) is 11.0 Å². The van der Waals surface area contributed by atoms with Crippen molar-refractivity contribution in [2.24, 2.45) is 5.18 Å². The Balaban J connectivity index is 0.000000924. The monoisotopic (exact) mass is 325 g/mol. The molecule has 2 aromatic heterocycles. The predicted molar refractivity (Wildman–Crippen MR) is 82.6 cm³/mol. The van der Waals surface area contributed by atoms with Crippen molar-refractivity contribution >= 4 is 17.0 Å². The zero-order valence-electron chi connectivity index (χ0n) is 12.6. The summed E-state index contributed by atoms with van der Waals surface area (Å²) in [5.74, 6) is -0.00540. The molecule has 10 nitrogen and oxygen atoms in total. The zero-order valence-corrected chi connectivity index (χ0v) is 12.6. The van der Waals surface area contributed by atoms with Gasteiger partial charge in [0.1, 0.15) is 12.8 Å². The standard InChI is InChI=1S/C12H15N5O4.CH4O/c13-12-15-10-9(11(19)16-12)6(3-14-20)4-17(10)8-2-1-7(5-18)21-8;1-2/h4,7-8,18H,1-3,5H2,(H3,13,15,16,19);2H,1H3. The van der Waals surface area contributed by atoms with Crippen LogP contribution in [-0.4, -0.2) is 44.6 Å². The zero-order chi connectivity index (χ0) is 17.0. The molecule has 0 amide bonds. The molecule has 0 aromatic carbocycles. The van der Waals surface area contributed by atoms with Gasteiger partial charge in [0.2, 0.25) is 5.95 Å². The fraction of sp³-hybridized carbons (Fsp3) is 0.538. The first-order chi connectivity index (χ1) is 11.1. The Hall–Kier alpha value is -2.30. The second-order valence-corrected chi connectivity index (χ2v) is 4.97. The maximum absolute atomic E-state index is 12.0. The number of aliphatic hydroxyl groups excluding tert-OH is 2. The molecule has 0 spiro atoms. The minimum absolute atomic E-state index is 0.00540. The highest BCUT2D eigenvalue weighted by Crippen LogP contribution is 2.31. The van der Waals surface area contributed by atoms with Crippen molar-refractivity contribution in [1.82, 2.24) is 14.5 Å². The van der Waals surface area contributed by atoms with Crippen molar-refractivity contribution in [3.8, 4) is 0 Å². The number of nitrogens with one attached hydrogen (secondary N) is 1. The summed E-state index contributed by atoms with van der Waals surface area (Å²) in [4.78, 5) is 29.1. The summed E-state index contributed by atoms with van der Waals surface area (Å²) < 4.78 is 7.36. The molecular weight excluding hydrogens is 306 g/mol. The third-order valence-electron chi connectivity index (χ3n) is 3.61. The Morgan fingerprint density at radius 2 is 2.26 bits per heavy atom. The second-order valence-electron chi connectivity index (χ2n) is 4.97. The maximum atomic E-state index is 12.0. The number of nitrogens with two attached hydrogens (primary N) is 1. The number of anilines is 1. The van der Waals surface area contributed by atoms with Crippen molar-refractivity contribution in [2.75, 3.05) is 19.5 Å². The molecule has 2 unspecified atom stereocenters. The number of nitrogens with zero attached hydrogens (tertiary/aromatic N) is 3. The van der Waals surface area contributed by atoms with E-state index in [-0.39, 0.29) is 31.4 Å². The number of nitroso groups, excluding NO2 is 1. The first-order valence-corrected chi connectivity index (χ1v) is 7.03. The summed E-state index contributed by atoms with van der Waals surface area (Å²) in [6, 6.07) is 0. The Kier molecular flexibility index (Phi) is 5.42. The van der Waals surface area contributed by atoms with Crippen molar-refractivity contribution in [3.05, 3.63) is 27.0 Å². The fourth-order valence-corrected chi connectivity index (χ4v) is 2.68. The van der Waals surface area contributed by atoms with Gasteiger partial charge in [0.05, 0.1) is 18.1 Å². The van der Waals surface area contributed by atoms with Crippen molar-refractivity contribution < 1.29 is 14.9 Å². The number of hydrogen-bond acceptors (Lipinski definition) is 8. The molecule has 0 aliphatic carbocycles. The van der Waals surface area contributed by atoms with Gasteiger partial charge in [-0.25, -0.2) is 0 Å². The van der Waals surface area contributed by atoms with E-state index in [0.717, 1.165) is 7.11 Å². The Morgan fingerprint density at radius 1 is 1.52 bits per heavy atom. The van der Waals surface area contributed by atoms with Crippen LogP contribution in [0, 0.1) is 4.91 Å². The molecule has 10 heteroatoms. The Bertz CT molecular complexity index is 740. The highest BCUT2D eigenvalue weighted by Gasteiger charge is 2.28. The summed E-state index contributed by atoms with van der Waals surface area (Å²) in [7, 11) is 1.00. The highest BCUT2D eigenvalue weighted by molar-refractivity contribution is 5.80. The van der Waals surface area contributed by atoms with Crippen molar-refractivity contribution in [3.63, 3.8) is 0 Å². The van der Waals surface area contributed by atoms with Crippen molar-refractivity contribution in [2.45, 2.75) is 31.7 Å². The molecule has 0 bridgehead atoms. The molecule has 2 atom stereocenters. The lowest BCUT2D eigenvalue weighted by molar-refractivity contribution is -0.0205. The topological polar surface area (TPSA) is 156 Å². The number of nitrogen functional groups attached to an aromatic ring is 1. The minimum Gasteiger partial charge on any atom is -0.400 e. The molecule has 23 heavy (non-hydrogen) atoms. The molecule has 3 heterocycles. The van der Waals surface area contributed by atoms with E-state index in [1.165, 1.54) is 0 Å². The molecule has 1 fully saturated rings. The molecule has 0 saturated carbocycles. The summed E-state index contributed by atoms with van der Waals surface area (Å²) >= 11 is 0. The highest BCUT2D eigenvalue weighted by atomic mass is 16.5. The number of ether oxygens (including phenoxy) is 1. The van der Waals surface area contributed by atoms with E-state index in [1.807, 2.05) is 0 Å². The minimum atomic E-state index is -0.411. The van der Waals surface area contributed by atoms with Crippen LogP contribution < -0.4 is 11.3 Å². The average molecular weight is 325 g/mol. The Labute approximate surface area is 130 Å². The van der Waals surface area contributed by atoms with Gasteiger partial charge < -0.3 is 25.3 Å². The van der Waals surface area contributed by atoms with Gasteiger partial charge in [-0.15, -0.1) is 0 Å². The molecule has 1 saturated heterocycles. The second kappa shape index (κ2) is 7.31. The lowest BCUT2D eigenvalue weighted by atomic mass is 10.2. The molecule has 1 aliphatic heterocycles. The summed E-state index contributed by atoms with van der Waals surface area (Å²) in [5.41, 5.74) is 6.01. The number of rotatable bonds is 4. The van der Waals surface area contributed by atoms with Crippen LogP contribution in [0.4, 0.5) is 5.95 Å². The number of fused-ring (bicyclic) bond motifs is 1. The van der Waals surface area contributed by atoms with E-state index in [2.05, 4.69) is 15.1 Å². The van der Waals surface area contributed by atoms with Gasteiger partial charge in [-0.3, -0.25) is 9.78 Å².